The molecule has 2 N–H and O–H groups in total. The molecule has 0 spiro atoms. The molecule has 0 aliphatic carbocycles. The molecule has 0 aromatic rings. The Labute approximate surface area is 245 Å². The molecule has 0 rings (SSSR count). The van der Waals surface area contributed by atoms with Crippen LogP contribution >= 0.6 is 0 Å². The van der Waals surface area contributed by atoms with Crippen LogP contribution in [0.5, 0.6) is 0 Å². The Kier molecular flexibility index (Phi) is 28.3. The van der Waals surface area contributed by atoms with Crippen molar-refractivity contribution >= 4 is 17.8 Å². The monoisotopic (exact) mass is 563 g/mol. The van der Waals surface area contributed by atoms with Gasteiger partial charge in [-0.2, -0.15) is 0 Å². The molecule has 6 nitrogen and oxygen atoms in total. The molecular weight excluding hydrogens is 502 g/mol. The van der Waals surface area contributed by atoms with Crippen LogP contribution in [-0.4, -0.2) is 35.6 Å². The van der Waals surface area contributed by atoms with Gasteiger partial charge in [-0.25, -0.2) is 0 Å². The number of amides is 1. The summed E-state index contributed by atoms with van der Waals surface area (Å²) in [6.45, 7) is 4.12. The van der Waals surface area contributed by atoms with Crippen molar-refractivity contribution in [1.29, 1.82) is 0 Å². The van der Waals surface area contributed by atoms with Crippen molar-refractivity contribution in [3.8, 4) is 0 Å². The van der Waals surface area contributed by atoms with Gasteiger partial charge in [0.25, 0.3) is 0 Å². The summed E-state index contributed by atoms with van der Waals surface area (Å²) in [5.74, 6) is -1.34. The highest BCUT2D eigenvalue weighted by molar-refractivity contribution is 5.80. The fourth-order valence-corrected chi connectivity index (χ4v) is 4.59. The van der Waals surface area contributed by atoms with Crippen molar-refractivity contribution < 1.29 is 24.2 Å². The molecule has 0 aromatic carbocycles. The molecular formula is C34H61NO5. The number of aliphatic carboxylic acids is 1. The topological polar surface area (TPSA) is 92.7 Å². The first-order chi connectivity index (χ1) is 19.5. The first kappa shape index (κ1) is 37.9. The first-order valence-corrected chi connectivity index (χ1v) is 16.5. The zero-order chi connectivity index (χ0) is 29.5. The minimum absolute atomic E-state index is 0.0971. The standard InChI is InChI=1S/C34H61NO5/c1-3-5-7-9-10-11-12-13-14-15-16-17-19-25-29-34(39)40-31(26-22-18-8-6-4-2)27-23-20-21-24-28-32(36)35-30-33(37)38/h12-13,22,26,31H,3-11,14-21,23-25,27-30H2,1-2H3,(H,35,36)(H,37,38)/b13-12-,26-22-. The molecule has 0 bridgehead atoms. The maximum atomic E-state index is 12.5. The maximum Gasteiger partial charge on any atom is 0.322 e. The molecule has 1 atom stereocenters. The molecule has 0 aliphatic rings. The van der Waals surface area contributed by atoms with Crippen molar-refractivity contribution in [2.24, 2.45) is 0 Å². The van der Waals surface area contributed by atoms with Gasteiger partial charge < -0.3 is 15.2 Å². The van der Waals surface area contributed by atoms with E-state index >= 15 is 0 Å². The minimum atomic E-state index is -1.03. The summed E-state index contributed by atoms with van der Waals surface area (Å²) >= 11 is 0. The number of rotatable bonds is 29. The van der Waals surface area contributed by atoms with E-state index in [-0.39, 0.29) is 24.5 Å². The Bertz CT molecular complexity index is 673. The number of carbonyl (C=O) groups excluding carboxylic acids is 2. The lowest BCUT2D eigenvalue weighted by molar-refractivity contribution is -0.147. The number of carbonyl (C=O) groups is 3. The highest BCUT2D eigenvalue weighted by atomic mass is 16.5. The number of hydrogen-bond donors (Lipinski definition) is 2. The van der Waals surface area contributed by atoms with E-state index in [9.17, 15) is 14.4 Å². The summed E-state index contributed by atoms with van der Waals surface area (Å²) < 4.78 is 5.82. The minimum Gasteiger partial charge on any atom is -0.480 e. The van der Waals surface area contributed by atoms with E-state index in [0.717, 1.165) is 57.8 Å². The first-order valence-electron chi connectivity index (χ1n) is 16.5. The predicted molar refractivity (Wildman–Crippen MR) is 166 cm³/mol. The average Bonchev–Trinajstić information content (AvgIpc) is 2.93. The second kappa shape index (κ2) is 29.9. The van der Waals surface area contributed by atoms with Crippen LogP contribution in [0, 0.1) is 0 Å². The third-order valence-corrected chi connectivity index (χ3v) is 7.08. The average molecular weight is 564 g/mol. The van der Waals surface area contributed by atoms with Crippen LogP contribution in [0.15, 0.2) is 24.3 Å². The van der Waals surface area contributed by atoms with Crippen molar-refractivity contribution in [3.05, 3.63) is 24.3 Å². The van der Waals surface area contributed by atoms with E-state index in [1.807, 2.05) is 0 Å². The number of carboxylic acids is 1. The largest absolute Gasteiger partial charge is 0.480 e. The molecule has 0 heterocycles. The van der Waals surface area contributed by atoms with Crippen molar-refractivity contribution in [2.75, 3.05) is 6.54 Å². The second-order valence-electron chi connectivity index (χ2n) is 11.1. The van der Waals surface area contributed by atoms with Gasteiger partial charge in [-0.3, -0.25) is 14.4 Å². The molecule has 0 saturated heterocycles. The van der Waals surface area contributed by atoms with Gasteiger partial charge in [0.2, 0.25) is 5.91 Å². The van der Waals surface area contributed by atoms with Gasteiger partial charge in [-0.15, -0.1) is 0 Å². The lowest BCUT2D eigenvalue weighted by Gasteiger charge is -2.15. The molecule has 0 radical (unpaired) electrons. The van der Waals surface area contributed by atoms with Gasteiger partial charge in [0.15, 0.2) is 0 Å². The van der Waals surface area contributed by atoms with Crippen LogP contribution in [0.3, 0.4) is 0 Å². The summed E-state index contributed by atoms with van der Waals surface area (Å²) in [4.78, 5) is 34.6. The Morgan fingerprint density at radius 3 is 1.80 bits per heavy atom. The van der Waals surface area contributed by atoms with Crippen molar-refractivity contribution in [2.45, 2.75) is 168 Å². The van der Waals surface area contributed by atoms with Gasteiger partial charge in [0.05, 0.1) is 0 Å². The van der Waals surface area contributed by atoms with Gasteiger partial charge in [0.1, 0.15) is 12.6 Å². The van der Waals surface area contributed by atoms with Crippen molar-refractivity contribution in [3.63, 3.8) is 0 Å². The Hall–Kier alpha value is -2.11. The van der Waals surface area contributed by atoms with E-state index in [1.165, 1.54) is 77.0 Å². The normalized spacial score (nSPS) is 12.2. The number of esters is 1. The Morgan fingerprint density at radius 2 is 1.15 bits per heavy atom. The van der Waals surface area contributed by atoms with E-state index < -0.39 is 5.97 Å². The third-order valence-electron chi connectivity index (χ3n) is 7.08. The van der Waals surface area contributed by atoms with Crippen LogP contribution in [0.25, 0.3) is 0 Å². The van der Waals surface area contributed by atoms with Gasteiger partial charge >= 0.3 is 11.9 Å². The Morgan fingerprint density at radius 1 is 0.650 bits per heavy atom. The third kappa shape index (κ3) is 28.9. The van der Waals surface area contributed by atoms with Gasteiger partial charge in [0, 0.05) is 12.8 Å². The summed E-state index contributed by atoms with van der Waals surface area (Å²) in [7, 11) is 0. The highest BCUT2D eigenvalue weighted by Crippen LogP contribution is 2.15. The summed E-state index contributed by atoms with van der Waals surface area (Å²) in [6.07, 6.45) is 33.2. The number of unbranched alkanes of at least 4 members (excludes halogenated alkanes) is 16. The van der Waals surface area contributed by atoms with E-state index in [4.69, 9.17) is 9.84 Å². The predicted octanol–water partition coefficient (Wildman–Crippen LogP) is 9.22. The molecule has 1 amide bonds. The van der Waals surface area contributed by atoms with Crippen LogP contribution in [0.4, 0.5) is 0 Å². The number of nitrogens with one attached hydrogen (secondary N) is 1. The molecule has 40 heavy (non-hydrogen) atoms. The number of carboxylic acid groups (broad SMARTS) is 1. The number of hydrogen-bond acceptors (Lipinski definition) is 4. The molecule has 6 heteroatoms. The summed E-state index contributed by atoms with van der Waals surface area (Å²) in [5.41, 5.74) is 0. The van der Waals surface area contributed by atoms with E-state index in [2.05, 4.69) is 43.5 Å². The van der Waals surface area contributed by atoms with Gasteiger partial charge in [-0.1, -0.05) is 103 Å². The fourth-order valence-electron chi connectivity index (χ4n) is 4.59. The van der Waals surface area contributed by atoms with Crippen LogP contribution < -0.4 is 5.32 Å². The van der Waals surface area contributed by atoms with E-state index in [0.29, 0.717) is 12.8 Å². The van der Waals surface area contributed by atoms with Crippen LogP contribution in [-0.2, 0) is 19.1 Å². The SMILES string of the molecule is CCCCC/C=C\C(CCCCCCC(=O)NCC(=O)O)OC(=O)CCCCCCC/C=C\CCCCCCC. The van der Waals surface area contributed by atoms with Crippen molar-refractivity contribution in [1.82, 2.24) is 5.32 Å². The number of ether oxygens (including phenoxy) is 1. The van der Waals surface area contributed by atoms with Gasteiger partial charge in [-0.05, 0) is 70.3 Å². The summed E-state index contributed by atoms with van der Waals surface area (Å²) in [5, 5.41) is 11.0. The van der Waals surface area contributed by atoms with Crippen LogP contribution in [0.2, 0.25) is 0 Å². The lowest BCUT2D eigenvalue weighted by atomic mass is 10.1. The maximum absolute atomic E-state index is 12.5. The van der Waals surface area contributed by atoms with E-state index in [1.54, 1.807) is 0 Å². The zero-order valence-corrected chi connectivity index (χ0v) is 25.9. The molecule has 0 aliphatic heterocycles. The quantitative estimate of drug-likeness (QED) is 0.0537. The number of allylic oxidation sites excluding steroid dienone is 3. The second-order valence-corrected chi connectivity index (χ2v) is 11.1. The molecule has 0 saturated carbocycles. The Balaban J connectivity index is 4.04. The van der Waals surface area contributed by atoms with Crippen LogP contribution in [0.1, 0.15) is 162 Å². The highest BCUT2D eigenvalue weighted by Gasteiger charge is 2.12. The molecule has 0 fully saturated rings. The fraction of sp³-hybridized carbons (Fsp3) is 0.794. The molecule has 0 aromatic heterocycles. The molecule has 232 valence electrons. The smallest absolute Gasteiger partial charge is 0.322 e. The lowest BCUT2D eigenvalue weighted by Crippen LogP contribution is -2.28. The zero-order valence-electron chi connectivity index (χ0n) is 25.9. The molecule has 1 unspecified atom stereocenters. The summed E-state index contributed by atoms with van der Waals surface area (Å²) in [6, 6.07) is 0.